The minimum Gasteiger partial charge on any atom is -0.379 e. The summed E-state index contributed by atoms with van der Waals surface area (Å²) in [7, 11) is 0. The van der Waals surface area contributed by atoms with Crippen LogP contribution in [0.5, 0.6) is 0 Å². The van der Waals surface area contributed by atoms with Crippen LogP contribution >= 0.6 is 0 Å². The highest BCUT2D eigenvalue weighted by atomic mass is 16.5. The van der Waals surface area contributed by atoms with Gasteiger partial charge in [-0.2, -0.15) is 0 Å². The molecule has 3 N–H and O–H groups in total. The monoisotopic (exact) mass is 418 g/mol. The molecular weight excluding hydrogens is 392 g/mol. The lowest BCUT2D eigenvalue weighted by Gasteiger charge is -2.34. The van der Waals surface area contributed by atoms with Crippen molar-refractivity contribution >= 4 is 27.8 Å². The van der Waals surface area contributed by atoms with Crippen molar-refractivity contribution in [2.45, 2.75) is 25.9 Å². The zero-order valence-electron chi connectivity index (χ0n) is 17.5. The van der Waals surface area contributed by atoms with E-state index in [0.29, 0.717) is 12.6 Å². The van der Waals surface area contributed by atoms with Gasteiger partial charge in [0.2, 0.25) is 0 Å². The van der Waals surface area contributed by atoms with Crippen molar-refractivity contribution in [2.75, 3.05) is 31.6 Å². The fourth-order valence-electron chi connectivity index (χ4n) is 4.42. The van der Waals surface area contributed by atoms with Crippen LogP contribution in [0, 0.1) is 0 Å². The van der Waals surface area contributed by atoms with Gasteiger partial charge in [0.25, 0.3) is 0 Å². The molecule has 0 bridgehead atoms. The molecule has 4 aromatic rings. The number of nitrogens with one attached hydrogen (secondary N) is 3. The van der Waals surface area contributed by atoms with E-state index in [9.17, 15) is 4.79 Å². The van der Waals surface area contributed by atoms with E-state index in [2.05, 4.69) is 61.3 Å². The van der Waals surface area contributed by atoms with Gasteiger partial charge in [-0.1, -0.05) is 31.2 Å². The molecule has 31 heavy (non-hydrogen) atoms. The first-order valence-electron chi connectivity index (χ1n) is 10.7. The Morgan fingerprint density at radius 3 is 2.74 bits per heavy atom. The molecule has 1 unspecified atom stereocenters. The lowest BCUT2D eigenvalue weighted by atomic mass is 10.00. The maximum atomic E-state index is 11.6. The first-order valence-corrected chi connectivity index (χ1v) is 10.7. The number of morpholine rings is 1. The van der Waals surface area contributed by atoms with E-state index in [-0.39, 0.29) is 5.69 Å². The first kappa shape index (κ1) is 19.7. The molecule has 0 amide bonds. The lowest BCUT2D eigenvalue weighted by Crippen LogP contribution is -2.38. The molecule has 8 nitrogen and oxygen atoms in total. The van der Waals surface area contributed by atoms with Gasteiger partial charge in [-0.05, 0) is 29.7 Å². The summed E-state index contributed by atoms with van der Waals surface area (Å²) < 4.78 is 5.52. The SMILES string of the molecule is CCC(c1cccc(CNc2ncnc3cc4[nH]c(=O)[nH]c4cc23)c1)N1CCOCC1. The third-order valence-corrected chi connectivity index (χ3v) is 5.94. The highest BCUT2D eigenvalue weighted by Gasteiger charge is 2.21. The van der Waals surface area contributed by atoms with Gasteiger partial charge in [0.1, 0.15) is 12.1 Å². The van der Waals surface area contributed by atoms with Gasteiger partial charge in [0.15, 0.2) is 0 Å². The topological polar surface area (TPSA) is 98.9 Å². The maximum absolute atomic E-state index is 11.6. The van der Waals surface area contributed by atoms with Crippen LogP contribution in [0.4, 0.5) is 5.82 Å². The average Bonchev–Trinajstić information content (AvgIpc) is 3.16. The van der Waals surface area contributed by atoms with E-state index >= 15 is 0 Å². The second kappa shape index (κ2) is 8.49. The van der Waals surface area contributed by atoms with E-state index in [4.69, 9.17) is 4.74 Å². The third-order valence-electron chi connectivity index (χ3n) is 5.94. The number of H-pyrrole nitrogens is 2. The van der Waals surface area contributed by atoms with Crippen molar-refractivity contribution < 1.29 is 4.74 Å². The number of aromatic amines is 2. The Bertz CT molecular complexity index is 1260. The minimum atomic E-state index is -0.227. The van der Waals surface area contributed by atoms with Crippen molar-refractivity contribution in [1.82, 2.24) is 24.8 Å². The van der Waals surface area contributed by atoms with Gasteiger partial charge in [-0.3, -0.25) is 4.90 Å². The van der Waals surface area contributed by atoms with Gasteiger partial charge < -0.3 is 20.0 Å². The van der Waals surface area contributed by atoms with Crippen LogP contribution in [0.2, 0.25) is 0 Å². The molecule has 160 valence electrons. The largest absolute Gasteiger partial charge is 0.379 e. The summed E-state index contributed by atoms with van der Waals surface area (Å²) in [4.78, 5) is 28.5. The molecule has 1 atom stereocenters. The summed E-state index contributed by atoms with van der Waals surface area (Å²) >= 11 is 0. The van der Waals surface area contributed by atoms with E-state index in [1.807, 2.05) is 12.1 Å². The number of aromatic nitrogens is 4. The van der Waals surface area contributed by atoms with Crippen LogP contribution in [0.3, 0.4) is 0 Å². The van der Waals surface area contributed by atoms with Crippen molar-refractivity contribution in [3.05, 3.63) is 64.3 Å². The van der Waals surface area contributed by atoms with Crippen molar-refractivity contribution in [3.63, 3.8) is 0 Å². The number of hydrogen-bond donors (Lipinski definition) is 3. The van der Waals surface area contributed by atoms with Crippen LogP contribution in [-0.2, 0) is 11.3 Å². The zero-order valence-corrected chi connectivity index (χ0v) is 17.5. The van der Waals surface area contributed by atoms with Crippen LogP contribution in [0.15, 0.2) is 47.5 Å². The summed E-state index contributed by atoms with van der Waals surface area (Å²) in [6.45, 7) is 6.45. The molecule has 1 aliphatic heterocycles. The molecule has 0 saturated carbocycles. The predicted molar refractivity (Wildman–Crippen MR) is 121 cm³/mol. The molecular formula is C23H26N6O2. The molecule has 1 saturated heterocycles. The molecule has 2 aromatic heterocycles. The smallest absolute Gasteiger partial charge is 0.323 e. The summed E-state index contributed by atoms with van der Waals surface area (Å²) in [5.41, 5.74) is 4.58. The average molecular weight is 419 g/mol. The van der Waals surface area contributed by atoms with Crippen molar-refractivity contribution in [3.8, 4) is 0 Å². The fourth-order valence-corrected chi connectivity index (χ4v) is 4.42. The Kier molecular flexibility index (Phi) is 5.40. The number of fused-ring (bicyclic) bond motifs is 2. The summed E-state index contributed by atoms with van der Waals surface area (Å²) in [6, 6.07) is 12.9. The molecule has 0 aliphatic carbocycles. The van der Waals surface area contributed by atoms with Crippen LogP contribution < -0.4 is 11.0 Å². The molecule has 5 rings (SSSR count). The number of ether oxygens (including phenoxy) is 1. The minimum absolute atomic E-state index is 0.227. The van der Waals surface area contributed by atoms with Gasteiger partial charge >= 0.3 is 5.69 Å². The second-order valence-corrected chi connectivity index (χ2v) is 7.89. The Labute approximate surface area is 179 Å². The first-order chi connectivity index (χ1) is 15.2. The predicted octanol–water partition coefficient (Wildman–Crippen LogP) is 3.19. The van der Waals surface area contributed by atoms with Gasteiger partial charge in [-0.15, -0.1) is 0 Å². The summed E-state index contributed by atoms with van der Waals surface area (Å²) in [5.74, 6) is 0.750. The Balaban J connectivity index is 1.38. The molecule has 1 aliphatic rings. The number of nitrogens with zero attached hydrogens (tertiary/aromatic N) is 3. The molecule has 0 radical (unpaired) electrons. The zero-order chi connectivity index (χ0) is 21.2. The van der Waals surface area contributed by atoms with Gasteiger partial charge in [0, 0.05) is 31.1 Å². The van der Waals surface area contributed by atoms with Crippen LogP contribution in [0.25, 0.3) is 21.9 Å². The lowest BCUT2D eigenvalue weighted by molar-refractivity contribution is 0.0152. The molecule has 3 heterocycles. The molecule has 0 spiro atoms. The Morgan fingerprint density at radius 2 is 1.94 bits per heavy atom. The fraction of sp³-hybridized carbons (Fsp3) is 0.348. The molecule has 2 aromatic carbocycles. The molecule has 1 fully saturated rings. The van der Waals surface area contributed by atoms with E-state index in [0.717, 1.165) is 60.5 Å². The number of rotatable bonds is 6. The maximum Gasteiger partial charge on any atom is 0.323 e. The Morgan fingerprint density at radius 1 is 1.13 bits per heavy atom. The van der Waals surface area contributed by atoms with Crippen LogP contribution in [-0.4, -0.2) is 51.1 Å². The Hall–Kier alpha value is -3.23. The quantitative estimate of drug-likeness (QED) is 0.445. The number of anilines is 1. The summed E-state index contributed by atoms with van der Waals surface area (Å²) in [5, 5.41) is 4.33. The summed E-state index contributed by atoms with van der Waals surface area (Å²) in [6.07, 6.45) is 2.61. The number of imidazole rings is 1. The van der Waals surface area contributed by atoms with E-state index in [1.54, 1.807) is 6.33 Å². The van der Waals surface area contributed by atoms with Crippen molar-refractivity contribution in [1.29, 1.82) is 0 Å². The van der Waals surface area contributed by atoms with Crippen molar-refractivity contribution in [2.24, 2.45) is 0 Å². The number of hydrogen-bond acceptors (Lipinski definition) is 6. The second-order valence-electron chi connectivity index (χ2n) is 7.89. The highest BCUT2D eigenvalue weighted by Crippen LogP contribution is 2.27. The van der Waals surface area contributed by atoms with Crippen LogP contribution in [0.1, 0.15) is 30.5 Å². The highest BCUT2D eigenvalue weighted by molar-refractivity contribution is 5.98. The normalized spacial score (nSPS) is 16.0. The molecule has 8 heteroatoms. The van der Waals surface area contributed by atoms with E-state index < -0.39 is 0 Å². The van der Waals surface area contributed by atoms with Gasteiger partial charge in [-0.25, -0.2) is 14.8 Å². The van der Waals surface area contributed by atoms with E-state index in [1.165, 1.54) is 11.1 Å². The third kappa shape index (κ3) is 4.04. The standard InChI is InChI=1S/C23H26N6O2/c1-2-21(29-6-8-31-9-7-29)16-5-3-4-15(10-16)13-24-22-17-11-19-20(28-23(30)27-19)12-18(17)25-14-26-22/h3-5,10-12,14,21H,2,6-9,13H2,1H3,(H,24,25,26)(H2,27,28,30). The number of benzene rings is 2. The van der Waals surface area contributed by atoms with Gasteiger partial charge in [0.05, 0.1) is 29.8 Å².